The molecule has 1 amide bonds. The second kappa shape index (κ2) is 4.28. The lowest BCUT2D eigenvalue weighted by molar-refractivity contribution is -0.111. The van der Waals surface area contributed by atoms with Gasteiger partial charge in [0.15, 0.2) is 0 Å². The molecule has 4 heteroatoms. The minimum Gasteiger partial charge on any atom is -0.267 e. The third kappa shape index (κ3) is 1.58. The van der Waals surface area contributed by atoms with Gasteiger partial charge in [0.1, 0.15) is 9.85 Å². The molecule has 20 heavy (non-hydrogen) atoms. The van der Waals surface area contributed by atoms with Crippen LogP contribution in [-0.2, 0) is 4.79 Å². The highest BCUT2D eigenvalue weighted by atomic mass is 32.1. The Morgan fingerprint density at radius 3 is 2.55 bits per heavy atom. The van der Waals surface area contributed by atoms with Crippen LogP contribution in [-0.4, -0.2) is 22.0 Å². The van der Waals surface area contributed by atoms with Gasteiger partial charge in [-0.05, 0) is 17.7 Å². The highest BCUT2D eigenvalue weighted by molar-refractivity contribution is 8.02. The molecule has 2 aliphatic rings. The lowest BCUT2D eigenvalue weighted by Crippen LogP contribution is -2.38. The van der Waals surface area contributed by atoms with Crippen molar-refractivity contribution in [1.29, 1.82) is 0 Å². The van der Waals surface area contributed by atoms with Gasteiger partial charge in [0.2, 0.25) is 0 Å². The molecule has 96 valence electrons. The van der Waals surface area contributed by atoms with E-state index in [-0.39, 0.29) is 5.91 Å². The molecular formula is C16H10N2OS. The number of aliphatic imine (C=N–C) groups is 1. The predicted octanol–water partition coefficient (Wildman–Crippen LogP) is 2.83. The molecule has 0 fully saturated rings. The maximum atomic E-state index is 12.7. The van der Waals surface area contributed by atoms with E-state index in [0.717, 1.165) is 26.8 Å². The molecular weight excluding hydrogens is 268 g/mol. The van der Waals surface area contributed by atoms with Crippen LogP contribution in [0.25, 0.3) is 0 Å². The number of hydrogen-bond acceptors (Lipinski definition) is 2. The summed E-state index contributed by atoms with van der Waals surface area (Å²) < 4.78 is 0. The van der Waals surface area contributed by atoms with E-state index < -0.39 is 0 Å². The Bertz CT molecular complexity index is 817. The van der Waals surface area contributed by atoms with E-state index in [0.29, 0.717) is 0 Å². The van der Waals surface area contributed by atoms with Crippen molar-refractivity contribution in [3.63, 3.8) is 0 Å². The summed E-state index contributed by atoms with van der Waals surface area (Å²) in [7, 11) is 1.48. The van der Waals surface area contributed by atoms with Gasteiger partial charge in [-0.25, -0.2) is 0 Å². The third-order valence-corrected chi connectivity index (χ3v) is 4.41. The van der Waals surface area contributed by atoms with Crippen LogP contribution >= 0.6 is 10.9 Å². The van der Waals surface area contributed by atoms with Crippen LogP contribution in [0.5, 0.6) is 0 Å². The third-order valence-electron chi connectivity index (χ3n) is 3.30. The first-order chi connectivity index (χ1) is 9.84. The van der Waals surface area contributed by atoms with E-state index in [4.69, 9.17) is 0 Å². The van der Waals surface area contributed by atoms with Crippen molar-refractivity contribution in [1.82, 2.24) is 0 Å². The molecule has 0 saturated carbocycles. The fraction of sp³-hybridized carbons (Fsp3) is 0. The van der Waals surface area contributed by atoms with E-state index in [1.165, 1.54) is 10.9 Å². The average Bonchev–Trinajstić information content (AvgIpc) is 2.86. The number of fused-ring (bicyclic) bond motifs is 3. The molecule has 2 heterocycles. The highest BCUT2D eigenvalue weighted by Crippen LogP contribution is 2.34. The first kappa shape index (κ1) is 11.4. The van der Waals surface area contributed by atoms with E-state index in [1.807, 2.05) is 54.6 Å². The van der Waals surface area contributed by atoms with Gasteiger partial charge in [-0.2, -0.15) is 0 Å². The number of para-hydroxylation sites is 2. The summed E-state index contributed by atoms with van der Waals surface area (Å²) >= 11 is 0. The molecule has 0 atom stereocenters. The van der Waals surface area contributed by atoms with E-state index in [9.17, 15) is 4.79 Å². The number of anilines is 1. The topological polar surface area (TPSA) is 32.7 Å². The lowest BCUT2D eigenvalue weighted by atomic mass is 10.1. The first-order valence-corrected chi connectivity index (χ1v) is 7.11. The molecule has 4 rings (SSSR count). The van der Waals surface area contributed by atoms with E-state index in [1.54, 1.807) is 11.1 Å². The molecule has 0 unspecified atom stereocenters. The van der Waals surface area contributed by atoms with Gasteiger partial charge in [0.25, 0.3) is 5.91 Å². The molecule has 0 saturated heterocycles. The molecule has 0 bridgehead atoms. The summed E-state index contributed by atoms with van der Waals surface area (Å²) in [6, 6.07) is 17.5. The second-order valence-corrected chi connectivity index (χ2v) is 5.55. The summed E-state index contributed by atoms with van der Waals surface area (Å²) in [5.41, 5.74) is 2.64. The average molecular weight is 278 g/mol. The smallest absolute Gasteiger partial charge is 0.267 e. The normalized spacial score (nSPS) is 16.0. The summed E-state index contributed by atoms with van der Waals surface area (Å²) in [5.74, 6) is 0.0230. The molecule has 0 aliphatic carbocycles. The van der Waals surface area contributed by atoms with Crippen LogP contribution in [0.1, 0.15) is 5.56 Å². The molecule has 2 aromatic carbocycles. The number of carbonyl (C=O) groups is 1. The van der Waals surface area contributed by atoms with E-state index in [2.05, 4.69) is 4.99 Å². The Labute approximate surface area is 119 Å². The summed E-state index contributed by atoms with van der Waals surface area (Å²) in [5, 5.41) is 0. The zero-order chi connectivity index (χ0) is 13.5. The van der Waals surface area contributed by atoms with E-state index >= 15 is 0 Å². The quantitative estimate of drug-likeness (QED) is 0.738. The Morgan fingerprint density at radius 1 is 0.950 bits per heavy atom. The minimum absolute atomic E-state index is 0.0230. The van der Waals surface area contributed by atoms with Gasteiger partial charge >= 0.3 is 0 Å². The van der Waals surface area contributed by atoms with Gasteiger partial charge in [0.05, 0.1) is 17.6 Å². The SMILES string of the molecule is O=C1C(c2ccccc2)=S=C2C=Nc3ccccc3N12. The molecule has 3 nitrogen and oxygen atoms in total. The first-order valence-electron chi connectivity index (χ1n) is 6.29. The van der Waals surface area contributed by atoms with Crippen LogP contribution in [0, 0.1) is 0 Å². The minimum atomic E-state index is 0.0230. The fourth-order valence-electron chi connectivity index (χ4n) is 2.37. The summed E-state index contributed by atoms with van der Waals surface area (Å²) in [4.78, 5) is 20.5. The number of nitrogens with zero attached hydrogens (tertiary/aromatic N) is 2. The van der Waals surface area contributed by atoms with Crippen LogP contribution in [0.2, 0.25) is 0 Å². The Kier molecular flexibility index (Phi) is 2.44. The number of carbonyl (C=O) groups excluding carboxylic acids is 1. The predicted molar refractivity (Wildman–Crippen MR) is 85.2 cm³/mol. The Morgan fingerprint density at radius 2 is 1.70 bits per heavy atom. The maximum absolute atomic E-state index is 12.7. The molecule has 2 aromatic rings. The van der Waals surface area contributed by atoms with Crippen molar-refractivity contribution in [2.45, 2.75) is 0 Å². The van der Waals surface area contributed by atoms with Crippen LogP contribution < -0.4 is 4.90 Å². The van der Waals surface area contributed by atoms with Gasteiger partial charge in [-0.3, -0.25) is 14.7 Å². The Balaban J connectivity index is 1.87. The Hall–Kier alpha value is -2.46. The summed E-state index contributed by atoms with van der Waals surface area (Å²) in [6.07, 6.45) is 1.76. The number of hydrogen-bond donors (Lipinski definition) is 0. The van der Waals surface area contributed by atoms with Crippen molar-refractivity contribution in [2.24, 2.45) is 4.99 Å². The van der Waals surface area contributed by atoms with Crippen molar-refractivity contribution >= 4 is 44.3 Å². The molecule has 0 N–H and O–H groups in total. The van der Waals surface area contributed by atoms with Gasteiger partial charge < -0.3 is 0 Å². The largest absolute Gasteiger partial charge is 0.274 e. The fourth-order valence-corrected chi connectivity index (χ4v) is 3.39. The van der Waals surface area contributed by atoms with Crippen molar-refractivity contribution in [2.75, 3.05) is 4.90 Å². The maximum Gasteiger partial charge on any atom is 0.274 e. The number of amides is 1. The monoisotopic (exact) mass is 278 g/mol. The van der Waals surface area contributed by atoms with Gasteiger partial charge in [0, 0.05) is 0 Å². The van der Waals surface area contributed by atoms with Crippen LogP contribution in [0.4, 0.5) is 11.4 Å². The second-order valence-electron chi connectivity index (χ2n) is 4.52. The molecule has 0 radical (unpaired) electrons. The molecule has 0 spiro atoms. The molecule has 0 aromatic heterocycles. The number of benzene rings is 2. The van der Waals surface area contributed by atoms with Gasteiger partial charge in [-0.15, -0.1) is 10.9 Å². The zero-order valence-electron chi connectivity index (χ0n) is 10.5. The zero-order valence-corrected chi connectivity index (χ0v) is 11.3. The lowest BCUT2D eigenvalue weighted by Gasteiger charge is -2.23. The molecule has 2 aliphatic heterocycles. The van der Waals surface area contributed by atoms with Gasteiger partial charge in [-0.1, -0.05) is 42.5 Å². The standard InChI is InChI=1S/C16H10N2OS/c19-16-15(11-6-2-1-3-7-11)20-14-10-17-12-8-4-5-9-13(12)18(14)16/h1-10H. The summed E-state index contributed by atoms with van der Waals surface area (Å²) in [6.45, 7) is 0. The van der Waals surface area contributed by atoms with Crippen LogP contribution in [0.15, 0.2) is 59.6 Å². The number of rotatable bonds is 1. The van der Waals surface area contributed by atoms with Crippen LogP contribution in [0.3, 0.4) is 0 Å². The van der Waals surface area contributed by atoms with Crippen molar-refractivity contribution in [3.05, 3.63) is 60.2 Å². The van der Waals surface area contributed by atoms with Crippen molar-refractivity contribution < 1.29 is 4.79 Å². The van der Waals surface area contributed by atoms with Crippen molar-refractivity contribution in [3.8, 4) is 0 Å². The highest BCUT2D eigenvalue weighted by Gasteiger charge is 2.32.